The van der Waals surface area contributed by atoms with Crippen LogP contribution in [0.15, 0.2) is 23.1 Å². The van der Waals surface area contributed by atoms with E-state index in [1.807, 2.05) is 0 Å². The van der Waals surface area contributed by atoms with Crippen molar-refractivity contribution < 1.29 is 18.3 Å². The van der Waals surface area contributed by atoms with E-state index in [2.05, 4.69) is 6.58 Å². The number of carbonyl (C=O) groups is 1. The summed E-state index contributed by atoms with van der Waals surface area (Å²) in [6.45, 7) is 8.71. The minimum absolute atomic E-state index is 0.0920. The maximum Gasteiger partial charge on any atom is 0.333 e. The predicted octanol–water partition coefficient (Wildman–Crippen LogP) is 3.28. The Kier molecular flexibility index (Phi) is 8.15. The summed E-state index contributed by atoms with van der Waals surface area (Å²) in [6.07, 6.45) is -2.21. The Bertz CT molecular complexity index is 742. The van der Waals surface area contributed by atoms with Gasteiger partial charge in [0.1, 0.15) is 12.3 Å². The van der Waals surface area contributed by atoms with Crippen LogP contribution in [0.2, 0.25) is 0 Å². The summed E-state index contributed by atoms with van der Waals surface area (Å²) >= 11 is 5.22. The fourth-order valence-corrected chi connectivity index (χ4v) is 2.61. The second kappa shape index (κ2) is 9.60. The molecule has 0 spiro atoms. The van der Waals surface area contributed by atoms with Gasteiger partial charge in [0.15, 0.2) is 4.77 Å². The van der Waals surface area contributed by atoms with Crippen molar-refractivity contribution in [1.82, 2.24) is 9.13 Å². The van der Waals surface area contributed by atoms with Crippen molar-refractivity contribution in [2.45, 2.75) is 59.0 Å². The molecule has 0 N–H and O–H groups in total. The Morgan fingerprint density at radius 2 is 1.96 bits per heavy atom. The Morgan fingerprint density at radius 1 is 1.36 bits per heavy atom. The van der Waals surface area contributed by atoms with E-state index in [0.29, 0.717) is 12.1 Å². The molecular weight excluding hydrogens is 350 g/mol. The zero-order chi connectivity index (χ0) is 19.1. The van der Waals surface area contributed by atoms with Gasteiger partial charge in [-0.05, 0) is 39.4 Å². The SMILES string of the molecule is C=C(C)C(=O)OCCC(F)C(F)CCn1cc(C)c(=O)n(CC)c1=S. The molecule has 8 heteroatoms. The molecule has 0 aliphatic heterocycles. The zero-order valence-electron chi connectivity index (χ0n) is 14.8. The number of rotatable bonds is 9. The molecule has 2 unspecified atom stereocenters. The molecule has 1 heterocycles. The van der Waals surface area contributed by atoms with Crippen LogP contribution < -0.4 is 5.56 Å². The number of halogens is 2. The van der Waals surface area contributed by atoms with E-state index in [1.165, 1.54) is 11.5 Å². The average Bonchev–Trinajstić information content (AvgIpc) is 2.56. The van der Waals surface area contributed by atoms with Gasteiger partial charge >= 0.3 is 5.97 Å². The third kappa shape index (κ3) is 5.88. The van der Waals surface area contributed by atoms with Crippen LogP contribution in [0.4, 0.5) is 8.78 Å². The standard InChI is InChI=1S/C17H24F2N2O3S/c1-5-21-15(22)12(4)10-20(17(21)25)8-6-13(18)14(19)7-9-24-16(23)11(2)3/h10,13-14H,2,5-9H2,1,3-4H3. The molecule has 0 bridgehead atoms. The first-order chi connectivity index (χ1) is 11.7. The van der Waals surface area contributed by atoms with Crippen molar-refractivity contribution in [1.29, 1.82) is 0 Å². The fraction of sp³-hybridized carbons (Fsp3) is 0.588. The highest BCUT2D eigenvalue weighted by atomic mass is 32.1. The van der Waals surface area contributed by atoms with Gasteiger partial charge in [0, 0.05) is 36.8 Å². The van der Waals surface area contributed by atoms with Crippen LogP contribution in [0, 0.1) is 11.7 Å². The number of alkyl halides is 2. The smallest absolute Gasteiger partial charge is 0.333 e. The third-order valence-electron chi connectivity index (χ3n) is 3.74. The van der Waals surface area contributed by atoms with Gasteiger partial charge in [-0.1, -0.05) is 6.58 Å². The average molecular weight is 374 g/mol. The van der Waals surface area contributed by atoms with Crippen LogP contribution >= 0.6 is 12.2 Å². The zero-order valence-corrected chi connectivity index (χ0v) is 15.6. The van der Waals surface area contributed by atoms with Gasteiger partial charge in [-0.15, -0.1) is 0 Å². The van der Waals surface area contributed by atoms with Crippen molar-refractivity contribution >= 4 is 18.2 Å². The number of esters is 1. The highest BCUT2D eigenvalue weighted by molar-refractivity contribution is 7.71. The largest absolute Gasteiger partial charge is 0.462 e. The normalized spacial score (nSPS) is 13.3. The molecule has 140 valence electrons. The maximum atomic E-state index is 14.0. The lowest BCUT2D eigenvalue weighted by Crippen LogP contribution is -2.27. The molecule has 1 aromatic heterocycles. The summed E-state index contributed by atoms with van der Waals surface area (Å²) in [6, 6.07) is 0. The summed E-state index contributed by atoms with van der Waals surface area (Å²) in [5.41, 5.74) is 0.528. The quantitative estimate of drug-likeness (QED) is 0.378. The number of ether oxygens (including phenoxy) is 1. The fourth-order valence-electron chi connectivity index (χ4n) is 2.25. The first-order valence-electron chi connectivity index (χ1n) is 8.10. The molecule has 1 rings (SSSR count). The van der Waals surface area contributed by atoms with E-state index in [1.54, 1.807) is 24.6 Å². The molecule has 0 aromatic carbocycles. The summed E-state index contributed by atoms with van der Waals surface area (Å²) in [7, 11) is 0. The highest BCUT2D eigenvalue weighted by Crippen LogP contribution is 2.14. The molecule has 25 heavy (non-hydrogen) atoms. The Morgan fingerprint density at radius 3 is 2.52 bits per heavy atom. The number of hydrogen-bond acceptors (Lipinski definition) is 4. The van der Waals surface area contributed by atoms with Crippen molar-refractivity contribution in [3.8, 4) is 0 Å². The first kappa shape index (κ1) is 21.2. The molecule has 2 atom stereocenters. The summed E-state index contributed by atoms with van der Waals surface area (Å²) < 4.78 is 35.9. The highest BCUT2D eigenvalue weighted by Gasteiger charge is 2.21. The van der Waals surface area contributed by atoms with Gasteiger partial charge in [0.05, 0.1) is 6.61 Å². The minimum atomic E-state index is -1.75. The minimum Gasteiger partial charge on any atom is -0.462 e. The summed E-state index contributed by atoms with van der Waals surface area (Å²) in [5, 5.41) is 0. The first-order valence-corrected chi connectivity index (χ1v) is 8.51. The van der Waals surface area contributed by atoms with Crippen LogP contribution in [-0.4, -0.2) is 34.1 Å². The van der Waals surface area contributed by atoms with Gasteiger partial charge in [-0.3, -0.25) is 9.36 Å². The lowest BCUT2D eigenvalue weighted by atomic mass is 10.1. The van der Waals surface area contributed by atoms with Crippen molar-refractivity contribution in [3.63, 3.8) is 0 Å². The molecule has 5 nitrogen and oxygen atoms in total. The van der Waals surface area contributed by atoms with Gasteiger partial charge in [-0.25, -0.2) is 13.6 Å². The van der Waals surface area contributed by atoms with Crippen molar-refractivity contribution in [2.75, 3.05) is 6.61 Å². The van der Waals surface area contributed by atoms with Crippen LogP contribution in [0.1, 0.15) is 32.3 Å². The molecule has 0 aliphatic carbocycles. The Labute approximate surface area is 150 Å². The predicted molar refractivity (Wildman–Crippen MR) is 94.7 cm³/mol. The Balaban J connectivity index is 2.62. The molecular formula is C17H24F2N2O3S. The van der Waals surface area contributed by atoms with Crippen LogP contribution in [-0.2, 0) is 22.6 Å². The van der Waals surface area contributed by atoms with Gasteiger partial charge in [0.25, 0.3) is 5.56 Å². The molecule has 0 saturated heterocycles. The second-order valence-corrected chi connectivity index (χ2v) is 6.23. The van der Waals surface area contributed by atoms with Gasteiger partial charge in [-0.2, -0.15) is 0 Å². The van der Waals surface area contributed by atoms with Gasteiger partial charge < -0.3 is 9.30 Å². The number of aromatic nitrogens is 2. The molecule has 1 aromatic rings. The number of carbonyl (C=O) groups excluding carboxylic acids is 1. The van der Waals surface area contributed by atoms with E-state index in [0.717, 1.165) is 0 Å². The monoisotopic (exact) mass is 374 g/mol. The van der Waals surface area contributed by atoms with Crippen LogP contribution in [0.5, 0.6) is 0 Å². The molecule has 0 saturated carbocycles. The lowest BCUT2D eigenvalue weighted by molar-refractivity contribution is -0.139. The second-order valence-electron chi connectivity index (χ2n) is 5.86. The molecule has 0 aliphatic rings. The lowest BCUT2D eigenvalue weighted by Gasteiger charge is -2.16. The van der Waals surface area contributed by atoms with Crippen molar-refractivity contribution in [2.24, 2.45) is 0 Å². The maximum absolute atomic E-state index is 14.0. The van der Waals surface area contributed by atoms with Crippen LogP contribution in [0.3, 0.4) is 0 Å². The van der Waals surface area contributed by atoms with Gasteiger partial charge in [0.2, 0.25) is 0 Å². The number of hydrogen-bond donors (Lipinski definition) is 0. The molecule has 0 amide bonds. The molecule has 0 radical (unpaired) electrons. The van der Waals surface area contributed by atoms with E-state index >= 15 is 0 Å². The van der Waals surface area contributed by atoms with Crippen LogP contribution in [0.25, 0.3) is 0 Å². The number of nitrogens with zero attached hydrogens (tertiary/aromatic N) is 2. The molecule has 0 fully saturated rings. The Hall–Kier alpha value is -1.83. The number of aryl methyl sites for hydroxylation is 2. The van der Waals surface area contributed by atoms with E-state index in [4.69, 9.17) is 17.0 Å². The van der Waals surface area contributed by atoms with E-state index in [9.17, 15) is 18.4 Å². The van der Waals surface area contributed by atoms with E-state index in [-0.39, 0.29) is 41.9 Å². The summed E-state index contributed by atoms with van der Waals surface area (Å²) in [4.78, 5) is 23.1. The van der Waals surface area contributed by atoms with E-state index < -0.39 is 18.3 Å². The third-order valence-corrected chi connectivity index (χ3v) is 4.19. The van der Waals surface area contributed by atoms with Crippen molar-refractivity contribution in [3.05, 3.63) is 39.0 Å². The topological polar surface area (TPSA) is 53.2 Å². The summed E-state index contributed by atoms with van der Waals surface area (Å²) in [5.74, 6) is -0.619.